The summed E-state index contributed by atoms with van der Waals surface area (Å²) in [5, 5.41) is 14.1. The highest BCUT2D eigenvalue weighted by molar-refractivity contribution is 7.90. The molecule has 0 unspecified atom stereocenters. The van der Waals surface area contributed by atoms with Gasteiger partial charge in [0, 0.05) is 38.0 Å². The van der Waals surface area contributed by atoms with Gasteiger partial charge in [0.2, 0.25) is 0 Å². The average molecular weight is 388 g/mol. The number of aromatic nitrogens is 2. The van der Waals surface area contributed by atoms with Gasteiger partial charge in [0.1, 0.15) is 10.7 Å². The summed E-state index contributed by atoms with van der Waals surface area (Å²) in [4.78, 5) is 14.7. The molecule has 0 bridgehead atoms. The van der Waals surface area contributed by atoms with Crippen LogP contribution in [0, 0.1) is 10.1 Å². The maximum atomic E-state index is 11.8. The van der Waals surface area contributed by atoms with Gasteiger partial charge in [-0.05, 0) is 30.7 Å². The predicted octanol–water partition coefficient (Wildman–Crippen LogP) is 2.93. The van der Waals surface area contributed by atoms with E-state index in [9.17, 15) is 18.5 Å². The van der Waals surface area contributed by atoms with Gasteiger partial charge in [-0.25, -0.2) is 13.4 Å². The number of aryl methyl sites for hydroxylation is 2. The van der Waals surface area contributed by atoms with Crippen LogP contribution in [0.3, 0.4) is 0 Å². The number of nitrogens with zero attached hydrogens (tertiary/aromatic N) is 3. The first-order chi connectivity index (χ1) is 12.8. The number of nitro benzene ring substituents is 1. The molecule has 1 heterocycles. The van der Waals surface area contributed by atoms with E-state index in [1.54, 1.807) is 0 Å². The Balaban J connectivity index is 1.67. The molecule has 0 radical (unpaired) electrons. The monoisotopic (exact) mass is 388 g/mol. The number of nitro groups is 1. The summed E-state index contributed by atoms with van der Waals surface area (Å²) in [6.45, 7) is 0.588. The second-order valence-electron chi connectivity index (χ2n) is 6.32. The molecule has 142 valence electrons. The summed E-state index contributed by atoms with van der Waals surface area (Å²) >= 11 is 0. The van der Waals surface area contributed by atoms with Crippen LogP contribution in [-0.4, -0.2) is 35.7 Å². The molecule has 8 nitrogen and oxygen atoms in total. The number of hydrogen-bond acceptors (Lipinski definition) is 6. The molecule has 0 saturated carbocycles. The summed E-state index contributed by atoms with van der Waals surface area (Å²) in [6.07, 6.45) is 2.50. The third-order valence-electron chi connectivity index (χ3n) is 4.34. The van der Waals surface area contributed by atoms with Crippen LogP contribution < -0.4 is 5.32 Å². The lowest BCUT2D eigenvalue weighted by molar-refractivity contribution is -0.387. The Morgan fingerprint density at radius 1 is 1.22 bits per heavy atom. The normalized spacial score (nSPS) is 11.6. The number of imidazole rings is 1. The van der Waals surface area contributed by atoms with Crippen molar-refractivity contribution in [3.63, 3.8) is 0 Å². The Kier molecular flexibility index (Phi) is 5.13. The Morgan fingerprint density at radius 3 is 2.63 bits per heavy atom. The SMILES string of the molecule is Cn1c(CCCNc2ccc([N+](=O)[O-])c(S(C)(=O)=O)c2)nc2ccccc21. The second-order valence-corrected chi connectivity index (χ2v) is 8.30. The minimum atomic E-state index is -3.69. The molecule has 0 aliphatic carbocycles. The summed E-state index contributed by atoms with van der Waals surface area (Å²) in [5.74, 6) is 0.971. The number of nitrogens with one attached hydrogen (secondary N) is 1. The van der Waals surface area contributed by atoms with Gasteiger partial charge in [-0.15, -0.1) is 0 Å². The van der Waals surface area contributed by atoms with Gasteiger partial charge in [0.15, 0.2) is 9.84 Å². The van der Waals surface area contributed by atoms with Crippen molar-refractivity contribution in [1.82, 2.24) is 9.55 Å². The van der Waals surface area contributed by atoms with Gasteiger partial charge in [0.25, 0.3) is 5.69 Å². The average Bonchev–Trinajstić information content (AvgIpc) is 2.94. The van der Waals surface area contributed by atoms with Crippen molar-refractivity contribution in [2.75, 3.05) is 18.1 Å². The largest absolute Gasteiger partial charge is 0.385 e. The number of hydrogen-bond donors (Lipinski definition) is 1. The first-order valence-electron chi connectivity index (χ1n) is 8.40. The molecule has 0 amide bonds. The fraction of sp³-hybridized carbons (Fsp3) is 0.278. The summed E-state index contributed by atoms with van der Waals surface area (Å²) in [6, 6.07) is 12.0. The topological polar surface area (TPSA) is 107 Å². The van der Waals surface area contributed by atoms with E-state index in [0.717, 1.165) is 36.0 Å². The van der Waals surface area contributed by atoms with Crippen LogP contribution >= 0.6 is 0 Å². The van der Waals surface area contributed by atoms with Gasteiger partial charge >= 0.3 is 0 Å². The highest BCUT2D eigenvalue weighted by Gasteiger charge is 2.22. The van der Waals surface area contributed by atoms with Crippen molar-refractivity contribution in [3.8, 4) is 0 Å². The molecular weight excluding hydrogens is 368 g/mol. The quantitative estimate of drug-likeness (QED) is 0.379. The van der Waals surface area contributed by atoms with E-state index in [1.807, 2.05) is 31.3 Å². The molecule has 3 aromatic rings. The van der Waals surface area contributed by atoms with Crippen LogP contribution in [0.1, 0.15) is 12.2 Å². The Hall–Kier alpha value is -2.94. The zero-order chi connectivity index (χ0) is 19.6. The predicted molar refractivity (Wildman–Crippen MR) is 104 cm³/mol. The van der Waals surface area contributed by atoms with Gasteiger partial charge in [-0.1, -0.05) is 12.1 Å². The van der Waals surface area contributed by atoms with Crippen LogP contribution in [0.4, 0.5) is 11.4 Å². The number of benzene rings is 2. The van der Waals surface area contributed by atoms with E-state index in [1.165, 1.54) is 18.2 Å². The highest BCUT2D eigenvalue weighted by atomic mass is 32.2. The lowest BCUT2D eigenvalue weighted by atomic mass is 10.2. The van der Waals surface area contributed by atoms with E-state index in [0.29, 0.717) is 12.2 Å². The van der Waals surface area contributed by atoms with E-state index >= 15 is 0 Å². The van der Waals surface area contributed by atoms with E-state index in [-0.39, 0.29) is 4.90 Å². The summed E-state index contributed by atoms with van der Waals surface area (Å²) in [7, 11) is -1.71. The zero-order valence-electron chi connectivity index (χ0n) is 15.0. The maximum Gasteiger partial charge on any atom is 0.288 e. The van der Waals surface area contributed by atoms with Gasteiger partial charge in [-0.3, -0.25) is 10.1 Å². The van der Waals surface area contributed by atoms with Crippen LogP contribution in [0.5, 0.6) is 0 Å². The standard InChI is InChI=1S/C18H20N4O4S/c1-21-15-7-4-3-6-14(15)20-18(21)8-5-11-19-13-9-10-16(22(23)24)17(12-13)27(2,25)26/h3-4,6-7,9-10,12,19H,5,8,11H2,1-2H3. The minimum Gasteiger partial charge on any atom is -0.385 e. The van der Waals surface area contributed by atoms with Crippen molar-refractivity contribution in [2.24, 2.45) is 7.05 Å². The third-order valence-corrected chi connectivity index (χ3v) is 5.47. The fourth-order valence-corrected chi connectivity index (χ4v) is 3.83. The van der Waals surface area contributed by atoms with Crippen molar-refractivity contribution in [3.05, 3.63) is 58.4 Å². The third kappa shape index (κ3) is 4.08. The van der Waals surface area contributed by atoms with Crippen LogP contribution in [0.2, 0.25) is 0 Å². The molecule has 0 fully saturated rings. The van der Waals surface area contributed by atoms with Gasteiger partial charge in [-0.2, -0.15) is 0 Å². The van der Waals surface area contributed by atoms with Gasteiger partial charge < -0.3 is 9.88 Å². The number of fused-ring (bicyclic) bond motifs is 1. The molecule has 2 aromatic carbocycles. The maximum absolute atomic E-state index is 11.8. The Morgan fingerprint density at radius 2 is 1.96 bits per heavy atom. The van der Waals surface area contributed by atoms with Crippen molar-refractivity contribution < 1.29 is 13.3 Å². The highest BCUT2D eigenvalue weighted by Crippen LogP contribution is 2.27. The van der Waals surface area contributed by atoms with E-state index in [2.05, 4.69) is 14.9 Å². The Bertz CT molecular complexity index is 1110. The lowest BCUT2D eigenvalue weighted by Gasteiger charge is -2.08. The summed E-state index contributed by atoms with van der Waals surface area (Å²) < 4.78 is 25.7. The number of sulfone groups is 1. The lowest BCUT2D eigenvalue weighted by Crippen LogP contribution is -2.08. The molecular formula is C18H20N4O4S. The molecule has 0 aliphatic rings. The molecule has 0 saturated heterocycles. The molecule has 0 atom stereocenters. The first-order valence-corrected chi connectivity index (χ1v) is 10.3. The number of rotatable bonds is 7. The molecule has 0 spiro atoms. The molecule has 27 heavy (non-hydrogen) atoms. The number of para-hydroxylation sites is 2. The fourth-order valence-electron chi connectivity index (χ4n) is 2.97. The molecule has 9 heteroatoms. The van der Waals surface area contributed by atoms with Crippen LogP contribution in [-0.2, 0) is 23.3 Å². The van der Waals surface area contributed by atoms with E-state index in [4.69, 9.17) is 0 Å². The van der Waals surface area contributed by atoms with Crippen molar-refractivity contribution >= 4 is 32.2 Å². The molecule has 3 rings (SSSR count). The van der Waals surface area contributed by atoms with Crippen molar-refractivity contribution in [1.29, 1.82) is 0 Å². The second kappa shape index (κ2) is 7.36. The minimum absolute atomic E-state index is 0.284. The van der Waals surface area contributed by atoms with Crippen molar-refractivity contribution in [2.45, 2.75) is 17.7 Å². The number of anilines is 1. The molecule has 1 aromatic heterocycles. The summed E-state index contributed by atoms with van der Waals surface area (Å²) in [5.41, 5.74) is 2.15. The first kappa shape index (κ1) is 18.8. The van der Waals surface area contributed by atoms with Gasteiger partial charge in [0.05, 0.1) is 16.0 Å². The van der Waals surface area contributed by atoms with Crippen LogP contribution in [0.25, 0.3) is 11.0 Å². The zero-order valence-corrected chi connectivity index (χ0v) is 15.9. The Labute approximate surface area is 156 Å². The van der Waals surface area contributed by atoms with Crippen LogP contribution in [0.15, 0.2) is 47.4 Å². The van der Waals surface area contributed by atoms with E-state index < -0.39 is 20.4 Å². The molecule has 1 N–H and O–H groups in total. The molecule has 0 aliphatic heterocycles. The smallest absolute Gasteiger partial charge is 0.288 e.